The molecule has 33 heavy (non-hydrogen) atoms. The number of halogens is 1. The van der Waals surface area contributed by atoms with Gasteiger partial charge in [-0.2, -0.15) is 0 Å². The van der Waals surface area contributed by atoms with E-state index in [9.17, 15) is 4.39 Å². The summed E-state index contributed by atoms with van der Waals surface area (Å²) in [5.41, 5.74) is 3.09. The highest BCUT2D eigenvalue weighted by Crippen LogP contribution is 2.31. The Bertz CT molecular complexity index is 1150. The van der Waals surface area contributed by atoms with E-state index in [4.69, 9.17) is 19.2 Å². The molecule has 5 rings (SSSR count). The van der Waals surface area contributed by atoms with Crippen LogP contribution in [0.2, 0.25) is 0 Å². The van der Waals surface area contributed by atoms with Crippen molar-refractivity contribution in [3.8, 4) is 11.5 Å². The van der Waals surface area contributed by atoms with Crippen molar-refractivity contribution in [1.29, 1.82) is 0 Å². The number of benzene rings is 1. The summed E-state index contributed by atoms with van der Waals surface area (Å²) in [5, 5.41) is 3.11. The summed E-state index contributed by atoms with van der Waals surface area (Å²) in [4.78, 5) is 11.1. The molecule has 0 saturated carbocycles. The number of hydrogen-bond donors (Lipinski definition) is 1. The second-order valence-corrected chi connectivity index (χ2v) is 8.02. The van der Waals surface area contributed by atoms with Crippen LogP contribution >= 0.6 is 0 Å². The molecule has 0 amide bonds. The molecular formula is C25H25FN4O3. The van der Waals surface area contributed by atoms with Crippen LogP contribution in [0.4, 0.5) is 16.0 Å². The average molecular weight is 448 g/mol. The third-order valence-corrected chi connectivity index (χ3v) is 5.65. The molecule has 3 aromatic rings. The molecule has 1 atom stereocenters. The molecule has 8 heteroatoms. The van der Waals surface area contributed by atoms with E-state index in [2.05, 4.69) is 21.3 Å². The van der Waals surface area contributed by atoms with Crippen molar-refractivity contribution in [2.75, 3.05) is 45.3 Å². The SMILES string of the molecule is COc1ccc2c(c1)C=C(CN1CCOC(c3cccc(Nc4ccc(F)cn4)n3)C1)CO2. The van der Waals surface area contributed by atoms with Gasteiger partial charge in [0, 0.05) is 25.2 Å². The van der Waals surface area contributed by atoms with Gasteiger partial charge in [0.25, 0.3) is 0 Å². The standard InChI is InChI=1S/C25H25FN4O3/c1-31-20-6-7-22-18(12-20)11-17(16-33-22)14-30-9-10-32-23(15-30)21-3-2-4-25(28-21)29-24-8-5-19(26)13-27-24/h2-8,11-13,23H,9-10,14-16H2,1H3,(H,27,28,29). The lowest BCUT2D eigenvalue weighted by atomic mass is 10.1. The third-order valence-electron chi connectivity index (χ3n) is 5.65. The number of anilines is 2. The zero-order chi connectivity index (χ0) is 22.6. The van der Waals surface area contributed by atoms with Crippen LogP contribution in [0.5, 0.6) is 11.5 Å². The van der Waals surface area contributed by atoms with E-state index in [0.29, 0.717) is 24.8 Å². The van der Waals surface area contributed by atoms with Gasteiger partial charge in [0.15, 0.2) is 0 Å². The van der Waals surface area contributed by atoms with Crippen molar-refractivity contribution in [2.45, 2.75) is 6.10 Å². The molecule has 2 aromatic heterocycles. The Kier molecular flexibility index (Phi) is 6.19. The molecule has 0 bridgehead atoms. The summed E-state index contributed by atoms with van der Waals surface area (Å²) in [6.07, 6.45) is 3.22. The summed E-state index contributed by atoms with van der Waals surface area (Å²) in [7, 11) is 1.67. The molecule has 1 fully saturated rings. The Hall–Kier alpha value is -3.49. The molecule has 1 unspecified atom stereocenters. The Morgan fingerprint density at radius 1 is 1.18 bits per heavy atom. The molecule has 0 radical (unpaired) electrons. The lowest BCUT2D eigenvalue weighted by Gasteiger charge is -2.34. The van der Waals surface area contributed by atoms with Crippen molar-refractivity contribution in [3.63, 3.8) is 0 Å². The highest BCUT2D eigenvalue weighted by molar-refractivity contribution is 5.64. The lowest BCUT2D eigenvalue weighted by molar-refractivity contribution is -0.0293. The zero-order valence-corrected chi connectivity index (χ0v) is 18.3. The molecule has 170 valence electrons. The molecule has 1 N–H and O–H groups in total. The van der Waals surface area contributed by atoms with Crippen molar-refractivity contribution in [3.05, 3.63) is 77.4 Å². The number of methoxy groups -OCH3 is 1. The van der Waals surface area contributed by atoms with Gasteiger partial charge in [-0.25, -0.2) is 14.4 Å². The molecule has 2 aliphatic heterocycles. The summed E-state index contributed by atoms with van der Waals surface area (Å²) in [6, 6.07) is 14.5. The van der Waals surface area contributed by atoms with Crippen molar-refractivity contribution in [1.82, 2.24) is 14.9 Å². The fourth-order valence-corrected chi connectivity index (χ4v) is 4.01. The first-order valence-corrected chi connectivity index (χ1v) is 10.9. The predicted octanol–water partition coefficient (Wildman–Crippen LogP) is 4.22. The minimum atomic E-state index is -0.376. The monoisotopic (exact) mass is 448 g/mol. The largest absolute Gasteiger partial charge is 0.497 e. The number of ether oxygens (including phenoxy) is 3. The Labute approximate surface area is 191 Å². The number of aromatic nitrogens is 2. The number of rotatable bonds is 6. The quantitative estimate of drug-likeness (QED) is 0.606. The summed E-state index contributed by atoms with van der Waals surface area (Å²) in [5.74, 6) is 2.49. The molecule has 0 spiro atoms. The van der Waals surface area contributed by atoms with Crippen molar-refractivity contribution in [2.24, 2.45) is 0 Å². The van der Waals surface area contributed by atoms with E-state index in [-0.39, 0.29) is 11.9 Å². The third kappa shape index (κ3) is 5.13. The van der Waals surface area contributed by atoms with E-state index < -0.39 is 0 Å². The van der Waals surface area contributed by atoms with E-state index in [1.54, 1.807) is 13.2 Å². The second kappa shape index (κ2) is 9.56. The maximum Gasteiger partial charge on any atom is 0.141 e. The van der Waals surface area contributed by atoms with Crippen LogP contribution in [-0.4, -0.2) is 54.8 Å². The molecular weight excluding hydrogens is 423 g/mol. The normalized spacial score (nSPS) is 18.1. The van der Waals surface area contributed by atoms with Crippen LogP contribution in [0.15, 0.2) is 60.3 Å². The van der Waals surface area contributed by atoms with E-state index in [1.165, 1.54) is 17.8 Å². The van der Waals surface area contributed by atoms with Crippen LogP contribution < -0.4 is 14.8 Å². The Morgan fingerprint density at radius 3 is 2.97 bits per heavy atom. The molecule has 1 saturated heterocycles. The molecule has 4 heterocycles. The molecule has 2 aliphatic rings. The first kappa shape index (κ1) is 21.4. The first-order chi connectivity index (χ1) is 16.2. The number of nitrogens with one attached hydrogen (secondary N) is 1. The zero-order valence-electron chi connectivity index (χ0n) is 18.3. The topological polar surface area (TPSA) is 68.7 Å². The highest BCUT2D eigenvalue weighted by Gasteiger charge is 2.25. The van der Waals surface area contributed by atoms with Gasteiger partial charge in [-0.05, 0) is 54.1 Å². The number of fused-ring (bicyclic) bond motifs is 1. The van der Waals surface area contributed by atoms with Gasteiger partial charge in [-0.15, -0.1) is 0 Å². The van der Waals surface area contributed by atoms with Gasteiger partial charge in [0.2, 0.25) is 0 Å². The van der Waals surface area contributed by atoms with E-state index >= 15 is 0 Å². The Balaban J connectivity index is 1.25. The highest BCUT2D eigenvalue weighted by atomic mass is 19.1. The second-order valence-electron chi connectivity index (χ2n) is 8.02. The minimum absolute atomic E-state index is 0.140. The molecule has 7 nitrogen and oxygen atoms in total. The van der Waals surface area contributed by atoms with Gasteiger partial charge >= 0.3 is 0 Å². The number of nitrogens with zero attached hydrogens (tertiary/aromatic N) is 3. The fraction of sp³-hybridized carbons (Fsp3) is 0.280. The number of pyridine rings is 2. The average Bonchev–Trinajstić information content (AvgIpc) is 2.85. The molecule has 1 aromatic carbocycles. The first-order valence-electron chi connectivity index (χ1n) is 10.9. The van der Waals surface area contributed by atoms with Gasteiger partial charge < -0.3 is 19.5 Å². The minimum Gasteiger partial charge on any atom is -0.497 e. The maximum absolute atomic E-state index is 13.1. The van der Waals surface area contributed by atoms with Crippen molar-refractivity contribution >= 4 is 17.7 Å². The van der Waals surface area contributed by atoms with Crippen LogP contribution in [0, 0.1) is 5.82 Å². The predicted molar refractivity (Wildman–Crippen MR) is 123 cm³/mol. The smallest absolute Gasteiger partial charge is 0.141 e. The van der Waals surface area contributed by atoms with Gasteiger partial charge in [-0.3, -0.25) is 4.90 Å². The van der Waals surface area contributed by atoms with Crippen LogP contribution in [0.25, 0.3) is 6.08 Å². The van der Waals surface area contributed by atoms with Crippen LogP contribution in [-0.2, 0) is 4.74 Å². The molecule has 0 aliphatic carbocycles. The lowest BCUT2D eigenvalue weighted by Crippen LogP contribution is -2.40. The summed E-state index contributed by atoms with van der Waals surface area (Å²) >= 11 is 0. The van der Waals surface area contributed by atoms with E-state index in [0.717, 1.165) is 42.4 Å². The Morgan fingerprint density at radius 2 is 2.12 bits per heavy atom. The fourth-order valence-electron chi connectivity index (χ4n) is 4.01. The summed E-state index contributed by atoms with van der Waals surface area (Å²) < 4.78 is 30.4. The number of hydrogen-bond acceptors (Lipinski definition) is 7. The maximum atomic E-state index is 13.1. The number of morpholine rings is 1. The van der Waals surface area contributed by atoms with Crippen LogP contribution in [0.1, 0.15) is 17.4 Å². The summed E-state index contributed by atoms with van der Waals surface area (Å²) in [6.45, 7) is 3.57. The van der Waals surface area contributed by atoms with Crippen LogP contribution in [0.3, 0.4) is 0 Å². The van der Waals surface area contributed by atoms with E-state index in [1.807, 2.05) is 36.4 Å². The van der Waals surface area contributed by atoms with Gasteiger partial charge in [0.05, 0.1) is 25.6 Å². The van der Waals surface area contributed by atoms with Gasteiger partial charge in [0.1, 0.15) is 41.7 Å². The van der Waals surface area contributed by atoms with Gasteiger partial charge in [-0.1, -0.05) is 6.07 Å². The van der Waals surface area contributed by atoms with Crippen molar-refractivity contribution < 1.29 is 18.6 Å².